The maximum absolute atomic E-state index is 11.5. The first-order valence-electron chi connectivity index (χ1n) is 7.13. The Labute approximate surface area is 141 Å². The van der Waals surface area contributed by atoms with Crippen molar-refractivity contribution >= 4 is 35.4 Å². The van der Waals surface area contributed by atoms with Crippen LogP contribution < -0.4 is 15.4 Å². The zero-order chi connectivity index (χ0) is 15.5. The Morgan fingerprint density at radius 2 is 2.04 bits per heavy atom. The number of hydrogen-bond donors (Lipinski definition) is 1. The van der Waals surface area contributed by atoms with E-state index < -0.39 is 0 Å². The molecule has 1 aliphatic rings. The monoisotopic (exact) mass is 334 g/mol. The quantitative estimate of drug-likeness (QED) is 0.690. The number of benzene rings is 2. The first kappa shape index (κ1) is 17.0. The molecule has 0 bridgehead atoms. The third kappa shape index (κ3) is 3.68. The summed E-state index contributed by atoms with van der Waals surface area (Å²) in [5.41, 5.74) is 8.52. The van der Waals surface area contributed by atoms with Gasteiger partial charge in [0.1, 0.15) is 11.9 Å². The van der Waals surface area contributed by atoms with E-state index in [1.807, 2.05) is 42.5 Å². The minimum absolute atomic E-state index is 0. The first-order valence-corrected chi connectivity index (χ1v) is 7.13. The molecule has 0 saturated carbocycles. The number of rotatable bonds is 3. The van der Waals surface area contributed by atoms with Gasteiger partial charge in [-0.1, -0.05) is 18.2 Å². The van der Waals surface area contributed by atoms with Gasteiger partial charge in [0.15, 0.2) is 0 Å². The maximum Gasteiger partial charge on any atom is 0.309 e. The highest BCUT2D eigenvalue weighted by Gasteiger charge is 2.28. The zero-order valence-corrected chi connectivity index (χ0v) is 13.6. The van der Waals surface area contributed by atoms with E-state index in [-0.39, 0.29) is 30.9 Å². The van der Waals surface area contributed by atoms with Gasteiger partial charge in [-0.05, 0) is 30.3 Å². The molecule has 3 rings (SSSR count). The summed E-state index contributed by atoms with van der Waals surface area (Å²) in [6.07, 6.45) is -0.0484. The smallest absolute Gasteiger partial charge is 0.309 e. The van der Waals surface area contributed by atoms with Crippen LogP contribution in [-0.4, -0.2) is 25.7 Å². The molecule has 1 heterocycles. The second kappa shape index (κ2) is 7.24. The second-order valence-electron chi connectivity index (χ2n) is 5.19. The number of halogens is 1. The number of nitrogens with two attached hydrogens (primary N) is 1. The molecule has 122 valence electrons. The summed E-state index contributed by atoms with van der Waals surface area (Å²) >= 11 is 0. The summed E-state index contributed by atoms with van der Waals surface area (Å²) < 4.78 is 10.7. The van der Waals surface area contributed by atoms with Gasteiger partial charge >= 0.3 is 5.97 Å². The van der Waals surface area contributed by atoms with Crippen LogP contribution in [0.3, 0.4) is 0 Å². The Balaban J connectivity index is 0.00000192. The number of ether oxygens (including phenoxy) is 2. The number of nitrogens with zero attached hydrogens (tertiary/aromatic N) is 1. The number of para-hydroxylation sites is 1. The van der Waals surface area contributed by atoms with E-state index >= 15 is 0 Å². The van der Waals surface area contributed by atoms with Crippen LogP contribution in [-0.2, 0) is 9.53 Å². The van der Waals surface area contributed by atoms with Gasteiger partial charge in [-0.3, -0.25) is 4.79 Å². The lowest BCUT2D eigenvalue weighted by Gasteiger charge is -2.36. The van der Waals surface area contributed by atoms with Gasteiger partial charge in [-0.2, -0.15) is 0 Å². The van der Waals surface area contributed by atoms with Crippen LogP contribution >= 0.6 is 12.4 Å². The van der Waals surface area contributed by atoms with E-state index in [0.717, 1.165) is 17.1 Å². The normalized spacial score (nSPS) is 15.9. The second-order valence-corrected chi connectivity index (χ2v) is 5.19. The minimum atomic E-state index is -0.281. The van der Waals surface area contributed by atoms with E-state index in [4.69, 9.17) is 15.2 Å². The number of esters is 1. The third-order valence-electron chi connectivity index (χ3n) is 3.64. The van der Waals surface area contributed by atoms with Crippen molar-refractivity contribution in [1.82, 2.24) is 0 Å². The van der Waals surface area contributed by atoms with Crippen molar-refractivity contribution in [3.05, 3.63) is 48.5 Å². The molecule has 2 aromatic rings. The highest BCUT2D eigenvalue weighted by Crippen LogP contribution is 2.39. The summed E-state index contributed by atoms with van der Waals surface area (Å²) in [5, 5.41) is 0. The maximum atomic E-state index is 11.5. The molecule has 0 aliphatic carbocycles. The summed E-state index contributed by atoms with van der Waals surface area (Å²) in [5.74, 6) is 0.440. The summed E-state index contributed by atoms with van der Waals surface area (Å²) in [7, 11) is 1.38. The van der Waals surface area contributed by atoms with Crippen molar-refractivity contribution < 1.29 is 14.3 Å². The van der Waals surface area contributed by atoms with Crippen LogP contribution in [0, 0.1) is 0 Å². The van der Waals surface area contributed by atoms with Crippen LogP contribution in [0.2, 0.25) is 0 Å². The van der Waals surface area contributed by atoms with Crippen LogP contribution in [0.4, 0.5) is 17.1 Å². The van der Waals surface area contributed by atoms with Gasteiger partial charge in [-0.25, -0.2) is 0 Å². The average Bonchev–Trinajstić information content (AvgIpc) is 2.55. The van der Waals surface area contributed by atoms with Crippen molar-refractivity contribution in [3.63, 3.8) is 0 Å². The summed E-state index contributed by atoms with van der Waals surface area (Å²) in [6.45, 7) is 0.565. The molecule has 0 fully saturated rings. The number of methoxy groups -OCH3 is 1. The fraction of sp³-hybridized carbons (Fsp3) is 0.235. The van der Waals surface area contributed by atoms with Crippen molar-refractivity contribution in [1.29, 1.82) is 0 Å². The highest BCUT2D eigenvalue weighted by molar-refractivity contribution is 5.85. The van der Waals surface area contributed by atoms with Gasteiger partial charge in [-0.15, -0.1) is 12.4 Å². The molecule has 0 spiro atoms. The average molecular weight is 335 g/mol. The predicted molar refractivity (Wildman–Crippen MR) is 92.6 cm³/mol. The molecular weight excluding hydrogens is 316 g/mol. The molecule has 0 radical (unpaired) electrons. The van der Waals surface area contributed by atoms with E-state index in [2.05, 4.69) is 4.90 Å². The van der Waals surface area contributed by atoms with Crippen molar-refractivity contribution in [3.8, 4) is 5.75 Å². The summed E-state index contributed by atoms with van der Waals surface area (Å²) in [4.78, 5) is 13.7. The van der Waals surface area contributed by atoms with E-state index in [9.17, 15) is 4.79 Å². The molecule has 23 heavy (non-hydrogen) atoms. The first-order chi connectivity index (χ1) is 10.7. The topological polar surface area (TPSA) is 64.8 Å². The van der Waals surface area contributed by atoms with Crippen LogP contribution in [0.1, 0.15) is 6.42 Å². The third-order valence-corrected chi connectivity index (χ3v) is 3.64. The van der Waals surface area contributed by atoms with E-state index in [1.54, 1.807) is 6.07 Å². The van der Waals surface area contributed by atoms with Crippen molar-refractivity contribution in [2.75, 3.05) is 24.3 Å². The SMILES string of the molecule is COC(=O)CC1CN(c2ccccc2)c2cc(N)ccc2O1.Cl. The molecule has 5 nitrogen and oxygen atoms in total. The predicted octanol–water partition coefficient (Wildman–Crippen LogP) is 3.15. The molecule has 6 heteroatoms. The molecule has 1 unspecified atom stereocenters. The minimum Gasteiger partial charge on any atom is -0.486 e. The van der Waals surface area contributed by atoms with Gasteiger partial charge in [0.25, 0.3) is 0 Å². The number of nitrogen functional groups attached to an aromatic ring is 1. The fourth-order valence-corrected chi connectivity index (χ4v) is 2.59. The number of hydrogen-bond acceptors (Lipinski definition) is 5. The molecule has 0 aromatic heterocycles. The summed E-state index contributed by atoms with van der Waals surface area (Å²) in [6, 6.07) is 15.5. The van der Waals surface area contributed by atoms with Gasteiger partial charge in [0, 0.05) is 11.4 Å². The number of carbonyl (C=O) groups is 1. The Bertz CT molecular complexity index is 679. The highest BCUT2D eigenvalue weighted by atomic mass is 35.5. The number of carbonyl (C=O) groups excluding carboxylic acids is 1. The van der Waals surface area contributed by atoms with Crippen LogP contribution in [0.15, 0.2) is 48.5 Å². The van der Waals surface area contributed by atoms with Crippen LogP contribution in [0.25, 0.3) is 0 Å². The van der Waals surface area contributed by atoms with Gasteiger partial charge < -0.3 is 20.1 Å². The Morgan fingerprint density at radius 1 is 1.30 bits per heavy atom. The molecular formula is C17H19ClN2O3. The number of anilines is 3. The van der Waals surface area contributed by atoms with E-state index in [0.29, 0.717) is 12.2 Å². The Morgan fingerprint density at radius 3 is 2.74 bits per heavy atom. The number of fused-ring (bicyclic) bond motifs is 1. The molecule has 0 saturated heterocycles. The lowest BCUT2D eigenvalue weighted by Crippen LogP contribution is -2.38. The molecule has 1 atom stereocenters. The Hall–Kier alpha value is -2.40. The fourth-order valence-electron chi connectivity index (χ4n) is 2.59. The standard InChI is InChI=1S/C17H18N2O3.ClH/c1-21-17(20)10-14-11-19(13-5-3-2-4-6-13)15-9-12(18)7-8-16(15)22-14;/h2-9,14H,10-11,18H2,1H3;1H. The Kier molecular flexibility index (Phi) is 5.34. The lowest BCUT2D eigenvalue weighted by molar-refractivity contribution is -0.142. The van der Waals surface area contributed by atoms with E-state index in [1.165, 1.54) is 7.11 Å². The molecule has 2 N–H and O–H groups in total. The molecule has 2 aromatic carbocycles. The largest absolute Gasteiger partial charge is 0.486 e. The van der Waals surface area contributed by atoms with Crippen molar-refractivity contribution in [2.45, 2.75) is 12.5 Å². The molecule has 0 amide bonds. The van der Waals surface area contributed by atoms with Crippen molar-refractivity contribution in [2.24, 2.45) is 0 Å². The molecule has 1 aliphatic heterocycles. The lowest BCUT2D eigenvalue weighted by atomic mass is 10.1. The van der Waals surface area contributed by atoms with Crippen LogP contribution in [0.5, 0.6) is 5.75 Å². The van der Waals surface area contributed by atoms with Gasteiger partial charge in [0.05, 0.1) is 25.8 Å². The van der Waals surface area contributed by atoms with Gasteiger partial charge in [0.2, 0.25) is 0 Å². The zero-order valence-electron chi connectivity index (χ0n) is 12.8.